The summed E-state index contributed by atoms with van der Waals surface area (Å²) < 4.78 is 5.33. The van der Waals surface area contributed by atoms with Crippen molar-refractivity contribution in [3.05, 3.63) is 35.7 Å². The van der Waals surface area contributed by atoms with Crippen LogP contribution < -0.4 is 5.32 Å². The fraction of sp³-hybridized carbons (Fsp3) is 0.400. The van der Waals surface area contributed by atoms with Gasteiger partial charge in [0.05, 0.1) is 17.7 Å². The van der Waals surface area contributed by atoms with Gasteiger partial charge in [-0.25, -0.2) is 0 Å². The first kappa shape index (κ1) is 12.8. The number of aromatic nitrogens is 2. The van der Waals surface area contributed by atoms with Crippen LogP contribution >= 0.6 is 0 Å². The molecule has 5 nitrogen and oxygen atoms in total. The Hall–Kier alpha value is -2.19. The van der Waals surface area contributed by atoms with Gasteiger partial charge in [0.1, 0.15) is 0 Å². The predicted molar refractivity (Wildman–Crippen MR) is 73.7 cm³/mol. The molecule has 0 amide bonds. The van der Waals surface area contributed by atoms with Gasteiger partial charge in [0.25, 0.3) is 5.89 Å². The highest BCUT2D eigenvalue weighted by Crippen LogP contribution is 2.24. The van der Waals surface area contributed by atoms with E-state index in [4.69, 9.17) is 9.78 Å². The van der Waals surface area contributed by atoms with Crippen molar-refractivity contribution in [2.24, 2.45) is 0 Å². The summed E-state index contributed by atoms with van der Waals surface area (Å²) in [5.74, 6) is 1.24. The zero-order valence-electron chi connectivity index (χ0n) is 11.2. The molecule has 1 fully saturated rings. The van der Waals surface area contributed by atoms with E-state index in [1.807, 2.05) is 12.1 Å². The lowest BCUT2D eigenvalue weighted by Crippen LogP contribution is -2.21. The third-order valence-corrected chi connectivity index (χ3v) is 3.57. The number of benzene rings is 1. The van der Waals surface area contributed by atoms with Crippen LogP contribution in [0.2, 0.25) is 0 Å². The monoisotopic (exact) mass is 268 g/mol. The minimum atomic E-state index is 0.188. The summed E-state index contributed by atoms with van der Waals surface area (Å²) >= 11 is 0. The Labute approximate surface area is 117 Å². The van der Waals surface area contributed by atoms with Crippen LogP contribution in [0.15, 0.2) is 28.8 Å². The van der Waals surface area contributed by atoms with Crippen molar-refractivity contribution >= 4 is 0 Å². The van der Waals surface area contributed by atoms with Crippen molar-refractivity contribution in [3.63, 3.8) is 0 Å². The minimum absolute atomic E-state index is 0.188. The second-order valence-corrected chi connectivity index (χ2v) is 5.00. The third-order valence-electron chi connectivity index (χ3n) is 3.57. The van der Waals surface area contributed by atoms with Crippen molar-refractivity contribution in [1.82, 2.24) is 15.5 Å². The molecule has 1 aromatic carbocycles. The second kappa shape index (κ2) is 5.85. The van der Waals surface area contributed by atoms with Crippen molar-refractivity contribution < 1.29 is 4.52 Å². The van der Waals surface area contributed by atoms with Crippen LogP contribution in [0.1, 0.15) is 43.1 Å². The van der Waals surface area contributed by atoms with Crippen LogP contribution in [0.4, 0.5) is 0 Å². The molecule has 1 atom stereocenters. The first-order valence-corrected chi connectivity index (χ1v) is 6.94. The topological polar surface area (TPSA) is 74.7 Å². The van der Waals surface area contributed by atoms with Gasteiger partial charge in [-0.2, -0.15) is 10.2 Å². The summed E-state index contributed by atoms with van der Waals surface area (Å²) in [6.45, 7) is 1.01. The van der Waals surface area contributed by atoms with E-state index in [1.165, 1.54) is 19.3 Å². The molecule has 20 heavy (non-hydrogen) atoms. The zero-order valence-corrected chi connectivity index (χ0v) is 11.2. The average Bonchev–Trinajstić information content (AvgIpc) is 2.83. The molecule has 1 saturated heterocycles. The molecule has 0 radical (unpaired) electrons. The Morgan fingerprint density at radius 2 is 2.05 bits per heavy atom. The number of nitrogens with zero attached hydrogens (tertiary/aromatic N) is 3. The normalized spacial score (nSPS) is 19.2. The second-order valence-electron chi connectivity index (χ2n) is 5.00. The molecule has 1 aliphatic rings. The van der Waals surface area contributed by atoms with E-state index in [0.717, 1.165) is 24.4 Å². The van der Waals surface area contributed by atoms with E-state index in [-0.39, 0.29) is 6.04 Å². The molecule has 1 unspecified atom stereocenters. The number of nitriles is 1. The molecule has 3 rings (SSSR count). The highest BCUT2D eigenvalue weighted by atomic mass is 16.5. The minimum Gasteiger partial charge on any atom is -0.334 e. The standard InChI is InChI=1S/C15H16N4O/c16-10-11-5-7-12(8-6-11)15-18-14(19-20-15)13-4-2-1-3-9-17-13/h5-8,13,17H,1-4,9H2. The van der Waals surface area contributed by atoms with E-state index in [1.54, 1.807) is 12.1 Å². The van der Waals surface area contributed by atoms with Crippen LogP contribution in [0.5, 0.6) is 0 Å². The van der Waals surface area contributed by atoms with Crippen LogP contribution in [-0.4, -0.2) is 16.7 Å². The molecule has 0 bridgehead atoms. The highest BCUT2D eigenvalue weighted by Gasteiger charge is 2.19. The number of hydrogen-bond donors (Lipinski definition) is 1. The molecule has 0 saturated carbocycles. The van der Waals surface area contributed by atoms with Gasteiger partial charge in [-0.15, -0.1) is 0 Å². The van der Waals surface area contributed by atoms with Crippen molar-refractivity contribution in [2.75, 3.05) is 6.54 Å². The molecule has 1 aromatic heterocycles. The fourth-order valence-corrected chi connectivity index (χ4v) is 2.43. The molecule has 1 aliphatic heterocycles. The molecular weight excluding hydrogens is 252 g/mol. The Morgan fingerprint density at radius 3 is 2.85 bits per heavy atom. The van der Waals surface area contributed by atoms with Gasteiger partial charge in [0, 0.05) is 5.56 Å². The average molecular weight is 268 g/mol. The van der Waals surface area contributed by atoms with Crippen LogP contribution in [0.3, 0.4) is 0 Å². The van der Waals surface area contributed by atoms with Crippen molar-refractivity contribution in [1.29, 1.82) is 5.26 Å². The summed E-state index contributed by atoms with van der Waals surface area (Å²) in [6, 6.07) is 9.45. The molecule has 102 valence electrons. The molecular formula is C15H16N4O. The Kier molecular flexibility index (Phi) is 3.75. The van der Waals surface area contributed by atoms with Gasteiger partial charge in [-0.1, -0.05) is 18.0 Å². The van der Waals surface area contributed by atoms with E-state index < -0.39 is 0 Å². The van der Waals surface area contributed by atoms with E-state index in [0.29, 0.717) is 11.5 Å². The maximum absolute atomic E-state index is 8.79. The van der Waals surface area contributed by atoms with Gasteiger partial charge in [0.15, 0.2) is 5.82 Å². The molecule has 5 heteroatoms. The van der Waals surface area contributed by atoms with Crippen LogP contribution in [0.25, 0.3) is 11.5 Å². The predicted octanol–water partition coefficient (Wildman–Crippen LogP) is 2.81. The fourth-order valence-electron chi connectivity index (χ4n) is 2.43. The largest absolute Gasteiger partial charge is 0.334 e. The molecule has 0 spiro atoms. The van der Waals surface area contributed by atoms with Crippen LogP contribution in [-0.2, 0) is 0 Å². The van der Waals surface area contributed by atoms with Gasteiger partial charge < -0.3 is 9.84 Å². The van der Waals surface area contributed by atoms with Gasteiger partial charge in [0.2, 0.25) is 0 Å². The summed E-state index contributed by atoms with van der Waals surface area (Å²) in [5, 5.41) is 16.3. The van der Waals surface area contributed by atoms with Crippen LogP contribution in [0, 0.1) is 11.3 Å². The molecule has 2 heterocycles. The van der Waals surface area contributed by atoms with Gasteiger partial charge in [-0.05, 0) is 43.7 Å². The quantitative estimate of drug-likeness (QED) is 0.906. The summed E-state index contributed by atoms with van der Waals surface area (Å²) in [6.07, 6.45) is 4.70. The maximum Gasteiger partial charge on any atom is 0.257 e. The van der Waals surface area contributed by atoms with E-state index in [9.17, 15) is 0 Å². The molecule has 1 N–H and O–H groups in total. The Balaban J connectivity index is 1.80. The summed E-state index contributed by atoms with van der Waals surface area (Å²) in [4.78, 5) is 4.48. The first-order chi connectivity index (χ1) is 9.86. The Morgan fingerprint density at radius 1 is 1.20 bits per heavy atom. The smallest absolute Gasteiger partial charge is 0.257 e. The lowest BCUT2D eigenvalue weighted by Gasteiger charge is -2.09. The van der Waals surface area contributed by atoms with Crippen molar-refractivity contribution in [3.8, 4) is 17.5 Å². The number of rotatable bonds is 2. The Bertz CT molecular complexity index is 604. The highest BCUT2D eigenvalue weighted by molar-refractivity contribution is 5.54. The summed E-state index contributed by atoms with van der Waals surface area (Å²) in [7, 11) is 0. The van der Waals surface area contributed by atoms with E-state index in [2.05, 4.69) is 21.5 Å². The first-order valence-electron chi connectivity index (χ1n) is 6.94. The maximum atomic E-state index is 8.79. The van der Waals surface area contributed by atoms with E-state index >= 15 is 0 Å². The van der Waals surface area contributed by atoms with Crippen molar-refractivity contribution in [2.45, 2.75) is 31.7 Å². The lowest BCUT2D eigenvalue weighted by molar-refractivity contribution is 0.402. The summed E-state index contributed by atoms with van der Waals surface area (Å²) in [5.41, 5.74) is 1.47. The zero-order chi connectivity index (χ0) is 13.8. The third kappa shape index (κ3) is 2.70. The molecule has 0 aliphatic carbocycles. The molecule has 2 aromatic rings. The number of hydrogen-bond acceptors (Lipinski definition) is 5. The van der Waals surface area contributed by atoms with Gasteiger partial charge >= 0.3 is 0 Å². The van der Waals surface area contributed by atoms with Gasteiger partial charge in [-0.3, -0.25) is 0 Å². The lowest BCUT2D eigenvalue weighted by atomic mass is 10.1. The number of nitrogens with one attached hydrogen (secondary N) is 1. The SMILES string of the molecule is N#Cc1ccc(-c2nc(C3CCCCCN3)no2)cc1.